The Morgan fingerprint density at radius 3 is 2.65 bits per heavy atom. The summed E-state index contributed by atoms with van der Waals surface area (Å²) in [6, 6.07) is 11.7. The van der Waals surface area contributed by atoms with E-state index in [1.807, 2.05) is 36.4 Å². The molecule has 1 aromatic heterocycles. The van der Waals surface area contributed by atoms with Crippen LogP contribution in [-0.4, -0.2) is 22.6 Å². The molecule has 0 spiro atoms. The second-order valence-corrected chi connectivity index (χ2v) is 5.08. The van der Waals surface area contributed by atoms with Crippen molar-refractivity contribution >= 4 is 34.5 Å². The Morgan fingerprint density at radius 1 is 1.10 bits per heavy atom. The van der Waals surface area contributed by atoms with Gasteiger partial charge in [-0.05, 0) is 12.1 Å². The molecule has 0 radical (unpaired) electrons. The van der Waals surface area contributed by atoms with Crippen molar-refractivity contribution < 1.29 is 9.59 Å². The third kappa shape index (κ3) is 3.96. The molecule has 2 rings (SSSR count). The summed E-state index contributed by atoms with van der Waals surface area (Å²) < 4.78 is 0. The summed E-state index contributed by atoms with van der Waals surface area (Å²) >= 11 is 1.33. The molecule has 0 aliphatic rings. The van der Waals surface area contributed by atoms with E-state index in [2.05, 4.69) is 15.8 Å². The maximum atomic E-state index is 11.5. The van der Waals surface area contributed by atoms with Crippen molar-refractivity contribution in [3.63, 3.8) is 0 Å². The third-order valence-electron chi connectivity index (χ3n) is 2.59. The number of pyridine rings is 1. The van der Waals surface area contributed by atoms with Gasteiger partial charge in [-0.2, -0.15) is 0 Å². The molecule has 0 aliphatic carbocycles. The minimum Gasteiger partial charge on any atom is -0.273 e. The Kier molecular flexibility index (Phi) is 4.95. The van der Waals surface area contributed by atoms with Gasteiger partial charge < -0.3 is 0 Å². The third-order valence-corrected chi connectivity index (χ3v) is 3.52. The topological polar surface area (TPSA) is 71.1 Å². The van der Waals surface area contributed by atoms with E-state index in [4.69, 9.17) is 0 Å². The molecule has 0 bridgehead atoms. The monoisotopic (exact) mass is 289 g/mol. The van der Waals surface area contributed by atoms with Crippen molar-refractivity contribution in [1.29, 1.82) is 0 Å². The quantitative estimate of drug-likeness (QED) is 0.666. The summed E-state index contributed by atoms with van der Waals surface area (Å²) in [4.78, 5) is 27.0. The molecule has 2 aromatic rings. The maximum Gasteiger partial charge on any atom is 0.248 e. The van der Waals surface area contributed by atoms with Gasteiger partial charge in [-0.25, -0.2) is 4.98 Å². The smallest absolute Gasteiger partial charge is 0.248 e. The Morgan fingerprint density at radius 2 is 1.85 bits per heavy atom. The van der Waals surface area contributed by atoms with Crippen LogP contribution in [0.15, 0.2) is 41.4 Å². The number of benzene rings is 1. The number of fused-ring (bicyclic) bond motifs is 1. The number of carbonyl (C=O) groups is 2. The van der Waals surface area contributed by atoms with E-state index < -0.39 is 0 Å². The molecule has 5 nitrogen and oxygen atoms in total. The number of aromatic nitrogens is 1. The van der Waals surface area contributed by atoms with Gasteiger partial charge in [0.15, 0.2) is 0 Å². The SMILES string of the molecule is CCC(=O)NNC(=O)CSc1ccc2ccccc2n1. The Labute approximate surface area is 121 Å². The molecule has 0 atom stereocenters. The van der Waals surface area contributed by atoms with E-state index in [9.17, 15) is 9.59 Å². The van der Waals surface area contributed by atoms with E-state index >= 15 is 0 Å². The van der Waals surface area contributed by atoms with Crippen LogP contribution in [-0.2, 0) is 9.59 Å². The first-order chi connectivity index (χ1) is 9.69. The van der Waals surface area contributed by atoms with Crippen LogP contribution in [0.2, 0.25) is 0 Å². The molecule has 0 fully saturated rings. The molecule has 1 aromatic carbocycles. The Balaban J connectivity index is 1.89. The summed E-state index contributed by atoms with van der Waals surface area (Å²) in [6.07, 6.45) is 0.333. The van der Waals surface area contributed by atoms with Crippen LogP contribution in [0.25, 0.3) is 10.9 Å². The number of nitrogens with zero attached hydrogens (tertiary/aromatic N) is 1. The highest BCUT2D eigenvalue weighted by Crippen LogP contribution is 2.19. The average Bonchev–Trinajstić information content (AvgIpc) is 2.50. The number of thioether (sulfide) groups is 1. The zero-order chi connectivity index (χ0) is 14.4. The van der Waals surface area contributed by atoms with Crippen molar-refractivity contribution in [1.82, 2.24) is 15.8 Å². The number of hydrazine groups is 1. The Hall–Kier alpha value is -2.08. The van der Waals surface area contributed by atoms with Gasteiger partial charge in [0.25, 0.3) is 0 Å². The molecule has 20 heavy (non-hydrogen) atoms. The van der Waals surface area contributed by atoms with Crippen LogP contribution in [0.3, 0.4) is 0 Å². The van der Waals surface area contributed by atoms with Crippen LogP contribution in [0.5, 0.6) is 0 Å². The lowest BCUT2D eigenvalue weighted by Gasteiger charge is -2.06. The number of para-hydroxylation sites is 1. The van der Waals surface area contributed by atoms with E-state index in [0.717, 1.165) is 15.9 Å². The number of hydrogen-bond acceptors (Lipinski definition) is 4. The lowest BCUT2D eigenvalue weighted by atomic mass is 10.2. The number of carbonyl (C=O) groups excluding carboxylic acids is 2. The summed E-state index contributed by atoms with van der Waals surface area (Å²) in [5.74, 6) is -0.269. The molecule has 0 unspecified atom stereocenters. The summed E-state index contributed by atoms with van der Waals surface area (Å²) in [6.45, 7) is 1.72. The van der Waals surface area contributed by atoms with Crippen LogP contribution >= 0.6 is 11.8 Å². The highest BCUT2D eigenvalue weighted by atomic mass is 32.2. The fourth-order valence-corrected chi connectivity index (χ4v) is 2.21. The fraction of sp³-hybridized carbons (Fsp3) is 0.214. The lowest BCUT2D eigenvalue weighted by molar-refractivity contribution is -0.127. The van der Waals surface area contributed by atoms with E-state index in [1.54, 1.807) is 6.92 Å². The van der Waals surface area contributed by atoms with Crippen molar-refractivity contribution in [3.05, 3.63) is 36.4 Å². The Bertz CT molecular complexity index is 631. The molecule has 0 saturated carbocycles. The van der Waals surface area contributed by atoms with Gasteiger partial charge in [0.1, 0.15) is 0 Å². The maximum absolute atomic E-state index is 11.5. The van der Waals surface area contributed by atoms with E-state index in [-0.39, 0.29) is 17.6 Å². The first-order valence-corrected chi connectivity index (χ1v) is 7.24. The van der Waals surface area contributed by atoms with Gasteiger partial charge in [0, 0.05) is 11.8 Å². The normalized spacial score (nSPS) is 10.2. The zero-order valence-electron chi connectivity index (χ0n) is 11.1. The van der Waals surface area contributed by atoms with Gasteiger partial charge in [0.2, 0.25) is 11.8 Å². The summed E-state index contributed by atoms with van der Waals surface area (Å²) in [5.41, 5.74) is 5.58. The molecule has 1 heterocycles. The first-order valence-electron chi connectivity index (χ1n) is 6.25. The van der Waals surface area contributed by atoms with Gasteiger partial charge in [-0.15, -0.1) is 0 Å². The summed E-state index contributed by atoms with van der Waals surface area (Å²) in [7, 11) is 0. The highest BCUT2D eigenvalue weighted by molar-refractivity contribution is 7.99. The first kappa shape index (κ1) is 14.3. The number of rotatable bonds is 4. The van der Waals surface area contributed by atoms with Crippen LogP contribution in [0, 0.1) is 0 Å². The molecule has 0 aliphatic heterocycles. The van der Waals surface area contributed by atoms with Crippen molar-refractivity contribution in [2.75, 3.05) is 5.75 Å². The highest BCUT2D eigenvalue weighted by Gasteiger charge is 2.05. The molecule has 0 saturated heterocycles. The number of hydrogen-bond donors (Lipinski definition) is 2. The minimum absolute atomic E-state index is 0.204. The van der Waals surface area contributed by atoms with Crippen molar-refractivity contribution in [2.24, 2.45) is 0 Å². The van der Waals surface area contributed by atoms with E-state index in [1.165, 1.54) is 11.8 Å². The van der Waals surface area contributed by atoms with Crippen LogP contribution in [0.4, 0.5) is 0 Å². The van der Waals surface area contributed by atoms with Gasteiger partial charge in [0.05, 0.1) is 16.3 Å². The minimum atomic E-state index is -0.258. The standard InChI is InChI=1S/C14H15N3O2S/c1-2-12(18)16-17-13(19)9-20-14-8-7-10-5-3-4-6-11(10)15-14/h3-8H,2,9H2,1H3,(H,16,18)(H,17,19). The second-order valence-electron chi connectivity index (χ2n) is 4.08. The largest absolute Gasteiger partial charge is 0.273 e. The number of amides is 2. The average molecular weight is 289 g/mol. The fourth-order valence-electron chi connectivity index (χ4n) is 1.53. The van der Waals surface area contributed by atoms with Gasteiger partial charge in [-0.1, -0.05) is 43.0 Å². The molecule has 2 N–H and O–H groups in total. The zero-order valence-corrected chi connectivity index (χ0v) is 11.9. The predicted molar refractivity (Wildman–Crippen MR) is 79.0 cm³/mol. The molecular weight excluding hydrogens is 274 g/mol. The molecule has 6 heteroatoms. The second kappa shape index (κ2) is 6.91. The lowest BCUT2D eigenvalue weighted by Crippen LogP contribution is -2.42. The molecular formula is C14H15N3O2S. The van der Waals surface area contributed by atoms with Crippen LogP contribution < -0.4 is 10.9 Å². The summed E-state index contributed by atoms with van der Waals surface area (Å²) in [5, 5.41) is 1.84. The molecule has 2 amide bonds. The van der Waals surface area contributed by atoms with Crippen LogP contribution in [0.1, 0.15) is 13.3 Å². The van der Waals surface area contributed by atoms with E-state index in [0.29, 0.717) is 6.42 Å². The van der Waals surface area contributed by atoms with Crippen molar-refractivity contribution in [2.45, 2.75) is 18.4 Å². The molecule has 104 valence electrons. The van der Waals surface area contributed by atoms with Gasteiger partial charge >= 0.3 is 0 Å². The van der Waals surface area contributed by atoms with Crippen molar-refractivity contribution in [3.8, 4) is 0 Å². The number of nitrogens with one attached hydrogen (secondary N) is 2. The predicted octanol–water partition coefficient (Wildman–Crippen LogP) is 1.88. The van der Waals surface area contributed by atoms with Gasteiger partial charge in [-0.3, -0.25) is 20.4 Å².